The molecule has 0 heterocycles. The first kappa shape index (κ1) is 16.9. The number of hydrogen-bond acceptors (Lipinski definition) is 2. The largest absolute Gasteiger partial charge is 0.354 e. The van der Waals surface area contributed by atoms with E-state index < -0.39 is 0 Å². The fraction of sp³-hybridized carbons (Fsp3) is 0.467. The number of amides is 1. The number of nitrogens with one attached hydrogen (secondary N) is 3. The molecule has 1 amide bonds. The molecule has 1 unspecified atom stereocenters. The molecule has 0 bridgehead atoms. The highest BCUT2D eigenvalue weighted by Crippen LogP contribution is 2.08. The van der Waals surface area contributed by atoms with E-state index in [1.54, 1.807) is 19.2 Å². The molecule has 3 N–H and O–H groups in total. The average molecular weight is 294 g/mol. The van der Waals surface area contributed by atoms with E-state index in [9.17, 15) is 9.18 Å². The van der Waals surface area contributed by atoms with Gasteiger partial charge >= 0.3 is 0 Å². The molecule has 0 radical (unpaired) electrons. The standard InChI is InChI=1S/C15H23FN4O/c1-10(2)11(3)19-15(17-4)18-9-14(21)20-13-7-5-6-12(16)8-13/h5-8,10-11H,9H2,1-4H3,(H,20,21)(H2,17,18,19). The van der Waals surface area contributed by atoms with Crippen LogP contribution in [-0.2, 0) is 4.79 Å². The molecule has 1 atom stereocenters. The Hall–Kier alpha value is -2.11. The third-order valence-corrected chi connectivity index (χ3v) is 3.11. The third kappa shape index (κ3) is 6.25. The molecular formula is C15H23FN4O. The van der Waals surface area contributed by atoms with Crippen molar-refractivity contribution in [2.45, 2.75) is 26.8 Å². The summed E-state index contributed by atoms with van der Waals surface area (Å²) in [5.41, 5.74) is 0.431. The molecule has 5 nitrogen and oxygen atoms in total. The van der Waals surface area contributed by atoms with Gasteiger partial charge in [-0.3, -0.25) is 9.79 Å². The molecule has 1 aromatic rings. The van der Waals surface area contributed by atoms with E-state index in [-0.39, 0.29) is 24.3 Å². The minimum Gasteiger partial charge on any atom is -0.354 e. The number of nitrogens with zero attached hydrogens (tertiary/aromatic N) is 1. The van der Waals surface area contributed by atoms with E-state index in [2.05, 4.69) is 34.8 Å². The van der Waals surface area contributed by atoms with E-state index in [4.69, 9.17) is 0 Å². The Balaban J connectivity index is 2.44. The van der Waals surface area contributed by atoms with Crippen molar-refractivity contribution < 1.29 is 9.18 Å². The maximum atomic E-state index is 13.0. The maximum absolute atomic E-state index is 13.0. The van der Waals surface area contributed by atoms with E-state index in [1.807, 2.05) is 6.92 Å². The normalized spacial score (nSPS) is 13.0. The van der Waals surface area contributed by atoms with Gasteiger partial charge in [-0.1, -0.05) is 19.9 Å². The second kappa shape index (κ2) is 8.24. The summed E-state index contributed by atoms with van der Waals surface area (Å²) in [5, 5.41) is 8.73. The van der Waals surface area contributed by atoms with Crippen LogP contribution in [0.3, 0.4) is 0 Å². The van der Waals surface area contributed by atoms with Gasteiger partial charge < -0.3 is 16.0 Å². The lowest BCUT2D eigenvalue weighted by Gasteiger charge is -2.20. The van der Waals surface area contributed by atoms with Crippen LogP contribution in [0, 0.1) is 11.7 Å². The van der Waals surface area contributed by atoms with Gasteiger partial charge in [-0.05, 0) is 31.0 Å². The lowest BCUT2D eigenvalue weighted by atomic mass is 10.1. The minimum atomic E-state index is -0.385. The zero-order valence-corrected chi connectivity index (χ0v) is 12.9. The number of hydrogen-bond donors (Lipinski definition) is 3. The van der Waals surface area contributed by atoms with Crippen LogP contribution in [0.1, 0.15) is 20.8 Å². The van der Waals surface area contributed by atoms with Gasteiger partial charge in [0.05, 0.1) is 6.54 Å². The highest BCUT2D eigenvalue weighted by molar-refractivity contribution is 5.94. The van der Waals surface area contributed by atoms with Gasteiger partial charge in [0.15, 0.2) is 5.96 Å². The molecule has 0 saturated carbocycles. The van der Waals surface area contributed by atoms with E-state index in [0.717, 1.165) is 0 Å². The summed E-state index contributed by atoms with van der Waals surface area (Å²) in [7, 11) is 1.65. The number of rotatable bonds is 5. The Kier molecular flexibility index (Phi) is 6.65. The Morgan fingerprint density at radius 3 is 2.62 bits per heavy atom. The van der Waals surface area contributed by atoms with E-state index in [0.29, 0.717) is 17.6 Å². The van der Waals surface area contributed by atoms with Crippen molar-refractivity contribution in [3.8, 4) is 0 Å². The van der Waals surface area contributed by atoms with Gasteiger partial charge in [0.1, 0.15) is 5.82 Å². The van der Waals surface area contributed by atoms with Crippen molar-refractivity contribution in [2.75, 3.05) is 18.9 Å². The molecule has 0 aliphatic carbocycles. The smallest absolute Gasteiger partial charge is 0.243 e. The Labute approximate surface area is 125 Å². The third-order valence-electron chi connectivity index (χ3n) is 3.11. The average Bonchev–Trinajstić information content (AvgIpc) is 2.43. The molecule has 0 spiro atoms. The van der Waals surface area contributed by atoms with Crippen molar-refractivity contribution in [1.82, 2.24) is 10.6 Å². The van der Waals surface area contributed by atoms with E-state index >= 15 is 0 Å². The van der Waals surface area contributed by atoms with Crippen molar-refractivity contribution >= 4 is 17.6 Å². The Morgan fingerprint density at radius 1 is 1.33 bits per heavy atom. The Morgan fingerprint density at radius 2 is 2.05 bits per heavy atom. The van der Waals surface area contributed by atoms with Crippen LogP contribution < -0.4 is 16.0 Å². The number of anilines is 1. The highest BCUT2D eigenvalue weighted by atomic mass is 19.1. The van der Waals surface area contributed by atoms with Gasteiger partial charge in [0.2, 0.25) is 5.91 Å². The number of halogens is 1. The van der Waals surface area contributed by atoms with Crippen molar-refractivity contribution in [1.29, 1.82) is 0 Å². The molecule has 0 aliphatic heterocycles. The molecule has 1 aromatic carbocycles. The second-order valence-electron chi connectivity index (χ2n) is 5.16. The van der Waals surface area contributed by atoms with Gasteiger partial charge in [-0.15, -0.1) is 0 Å². The monoisotopic (exact) mass is 294 g/mol. The number of benzene rings is 1. The first-order valence-electron chi connectivity index (χ1n) is 6.95. The fourth-order valence-electron chi connectivity index (χ4n) is 1.51. The lowest BCUT2D eigenvalue weighted by Crippen LogP contribution is -2.46. The van der Waals surface area contributed by atoms with Crippen molar-refractivity contribution in [2.24, 2.45) is 10.9 Å². The SMILES string of the molecule is CN=C(NCC(=O)Nc1cccc(F)c1)NC(C)C(C)C. The highest BCUT2D eigenvalue weighted by Gasteiger charge is 2.10. The van der Waals surface area contributed by atoms with Gasteiger partial charge in [-0.2, -0.15) is 0 Å². The van der Waals surface area contributed by atoms with Crippen molar-refractivity contribution in [3.63, 3.8) is 0 Å². The summed E-state index contributed by atoms with van der Waals surface area (Å²) < 4.78 is 13.0. The first-order valence-corrected chi connectivity index (χ1v) is 6.95. The lowest BCUT2D eigenvalue weighted by molar-refractivity contribution is -0.115. The summed E-state index contributed by atoms with van der Waals surface area (Å²) in [6.45, 7) is 6.30. The molecule has 116 valence electrons. The van der Waals surface area contributed by atoms with Crippen molar-refractivity contribution in [3.05, 3.63) is 30.1 Å². The summed E-state index contributed by atoms with van der Waals surface area (Å²) in [6, 6.07) is 6.01. The van der Waals surface area contributed by atoms with Crippen LogP contribution in [0.4, 0.5) is 10.1 Å². The zero-order valence-electron chi connectivity index (χ0n) is 12.9. The first-order chi connectivity index (χ1) is 9.92. The van der Waals surface area contributed by atoms with Crippen LogP contribution in [0.15, 0.2) is 29.3 Å². The molecule has 0 aliphatic rings. The Bertz CT molecular complexity index is 502. The van der Waals surface area contributed by atoms with Gasteiger partial charge in [-0.25, -0.2) is 4.39 Å². The zero-order chi connectivity index (χ0) is 15.8. The fourth-order valence-corrected chi connectivity index (χ4v) is 1.51. The molecular weight excluding hydrogens is 271 g/mol. The topological polar surface area (TPSA) is 65.5 Å². The molecule has 1 rings (SSSR count). The quantitative estimate of drug-likeness (QED) is 0.574. The second-order valence-corrected chi connectivity index (χ2v) is 5.16. The molecule has 6 heteroatoms. The minimum absolute atomic E-state index is 0.0565. The molecule has 0 saturated heterocycles. The van der Waals surface area contributed by atoms with Gasteiger partial charge in [0, 0.05) is 18.8 Å². The maximum Gasteiger partial charge on any atom is 0.243 e. The predicted octanol–water partition coefficient (Wildman–Crippen LogP) is 1.97. The molecule has 0 fully saturated rings. The molecule has 21 heavy (non-hydrogen) atoms. The van der Waals surface area contributed by atoms with Crippen LogP contribution in [0.2, 0.25) is 0 Å². The number of carbonyl (C=O) groups excluding carboxylic acids is 1. The number of carbonyl (C=O) groups is 1. The van der Waals surface area contributed by atoms with Crippen LogP contribution >= 0.6 is 0 Å². The van der Waals surface area contributed by atoms with Crippen LogP contribution in [0.5, 0.6) is 0 Å². The summed E-state index contributed by atoms with van der Waals surface area (Å²) in [5.74, 6) is 0.361. The van der Waals surface area contributed by atoms with Gasteiger partial charge in [0.25, 0.3) is 0 Å². The van der Waals surface area contributed by atoms with Crippen LogP contribution in [-0.4, -0.2) is 31.5 Å². The number of guanidine groups is 1. The number of aliphatic imine (C=N–C) groups is 1. The summed E-state index contributed by atoms with van der Waals surface area (Å²) in [4.78, 5) is 15.8. The van der Waals surface area contributed by atoms with E-state index in [1.165, 1.54) is 12.1 Å². The summed E-state index contributed by atoms with van der Waals surface area (Å²) in [6.07, 6.45) is 0. The van der Waals surface area contributed by atoms with Crippen LogP contribution in [0.25, 0.3) is 0 Å². The predicted molar refractivity (Wildman–Crippen MR) is 83.8 cm³/mol. The summed E-state index contributed by atoms with van der Waals surface area (Å²) >= 11 is 0. The molecule has 0 aromatic heterocycles.